The molecule has 0 aliphatic heterocycles. The molecule has 33 heavy (non-hydrogen) atoms. The Labute approximate surface area is 195 Å². The highest BCUT2D eigenvalue weighted by Gasteiger charge is 2.15. The van der Waals surface area contributed by atoms with Gasteiger partial charge < -0.3 is 9.47 Å². The number of nitrogens with one attached hydrogen (secondary N) is 1. The molecule has 3 aromatic carbocycles. The average Bonchev–Trinajstić information content (AvgIpc) is 3.32. The highest BCUT2D eigenvalue weighted by atomic mass is 32.1. The molecule has 0 fully saturated rings. The van der Waals surface area contributed by atoms with Gasteiger partial charge in [0.2, 0.25) is 0 Å². The molecule has 1 N–H and O–H groups in total. The third-order valence-corrected chi connectivity index (χ3v) is 5.70. The Hall–Kier alpha value is -3.97. The first-order chi connectivity index (χ1) is 16.1. The number of carbonyl (C=O) groups is 2. The largest absolute Gasteiger partial charge is 0.497 e. The summed E-state index contributed by atoms with van der Waals surface area (Å²) in [5, 5.41) is 4.97. The zero-order chi connectivity index (χ0) is 23.0. The van der Waals surface area contributed by atoms with Crippen LogP contribution in [0.1, 0.15) is 21.5 Å². The number of hydrogen-bond acceptors (Lipinski definition) is 6. The number of ether oxygens (including phenoxy) is 2. The molecule has 7 heteroatoms. The van der Waals surface area contributed by atoms with E-state index in [1.807, 2.05) is 72.1 Å². The maximum absolute atomic E-state index is 12.6. The van der Waals surface area contributed by atoms with Crippen molar-refractivity contribution in [1.29, 1.82) is 0 Å². The molecular weight excluding hydrogens is 436 g/mol. The second-order valence-electron chi connectivity index (χ2n) is 7.21. The SMILES string of the molecule is COc1ccc(-c2csc(NC(=O)COC(=O)c3ccccc3Cc3ccccc3)n2)cc1. The summed E-state index contributed by atoms with van der Waals surface area (Å²) in [6.07, 6.45) is 0.603. The quantitative estimate of drug-likeness (QED) is 0.367. The molecule has 1 amide bonds. The molecular formula is C26H22N2O4S. The van der Waals surface area contributed by atoms with E-state index in [0.717, 1.165) is 28.1 Å². The topological polar surface area (TPSA) is 77.5 Å². The summed E-state index contributed by atoms with van der Waals surface area (Å²) in [4.78, 5) is 29.4. The first-order valence-corrected chi connectivity index (χ1v) is 11.2. The van der Waals surface area contributed by atoms with Crippen molar-refractivity contribution < 1.29 is 19.1 Å². The fourth-order valence-corrected chi connectivity index (χ4v) is 4.01. The Balaban J connectivity index is 1.34. The summed E-state index contributed by atoms with van der Waals surface area (Å²) in [6.45, 7) is -0.393. The lowest BCUT2D eigenvalue weighted by Crippen LogP contribution is -2.21. The van der Waals surface area contributed by atoms with E-state index in [4.69, 9.17) is 9.47 Å². The molecule has 0 radical (unpaired) electrons. The normalized spacial score (nSPS) is 10.5. The minimum atomic E-state index is -0.533. The third kappa shape index (κ3) is 5.84. The van der Waals surface area contributed by atoms with Crippen LogP contribution in [0.2, 0.25) is 0 Å². The molecule has 0 saturated heterocycles. The van der Waals surface area contributed by atoms with Crippen molar-refractivity contribution in [3.05, 3.63) is 101 Å². The van der Waals surface area contributed by atoms with Gasteiger partial charge in [-0.25, -0.2) is 9.78 Å². The molecule has 0 aliphatic carbocycles. The molecule has 4 aromatic rings. The Morgan fingerprint density at radius 1 is 0.939 bits per heavy atom. The van der Waals surface area contributed by atoms with Crippen molar-refractivity contribution in [2.75, 3.05) is 19.0 Å². The first-order valence-electron chi connectivity index (χ1n) is 10.3. The van der Waals surface area contributed by atoms with Crippen molar-refractivity contribution >= 4 is 28.3 Å². The van der Waals surface area contributed by atoms with Gasteiger partial charge >= 0.3 is 5.97 Å². The highest BCUT2D eigenvalue weighted by Crippen LogP contribution is 2.26. The standard InChI is InChI=1S/C26H22N2O4S/c1-31-21-13-11-19(12-14-21)23-17-33-26(27-23)28-24(29)16-32-25(30)22-10-6-5-9-20(22)15-18-7-3-2-4-8-18/h2-14,17H,15-16H2,1H3,(H,27,28,29). The summed E-state index contributed by atoms with van der Waals surface area (Å²) in [7, 11) is 1.61. The van der Waals surface area contributed by atoms with Gasteiger partial charge in [0.15, 0.2) is 11.7 Å². The summed E-state index contributed by atoms with van der Waals surface area (Å²) in [5.41, 5.74) is 4.04. The van der Waals surface area contributed by atoms with Crippen LogP contribution in [-0.4, -0.2) is 30.6 Å². The number of nitrogens with zero attached hydrogens (tertiary/aromatic N) is 1. The van der Waals surface area contributed by atoms with E-state index in [-0.39, 0.29) is 0 Å². The number of thiazole rings is 1. The van der Waals surface area contributed by atoms with Crippen LogP contribution in [0.15, 0.2) is 84.2 Å². The van der Waals surface area contributed by atoms with Crippen LogP contribution in [0.25, 0.3) is 11.3 Å². The molecule has 0 atom stereocenters. The highest BCUT2D eigenvalue weighted by molar-refractivity contribution is 7.14. The van der Waals surface area contributed by atoms with E-state index in [1.54, 1.807) is 19.2 Å². The van der Waals surface area contributed by atoms with Crippen LogP contribution in [-0.2, 0) is 16.0 Å². The van der Waals surface area contributed by atoms with Gasteiger partial charge in [-0.3, -0.25) is 10.1 Å². The van der Waals surface area contributed by atoms with E-state index in [9.17, 15) is 9.59 Å². The van der Waals surface area contributed by atoms with Crippen molar-refractivity contribution in [3.63, 3.8) is 0 Å². The predicted octanol–water partition coefficient (Wildman–Crippen LogP) is 5.21. The zero-order valence-corrected chi connectivity index (χ0v) is 18.8. The molecule has 0 spiro atoms. The van der Waals surface area contributed by atoms with Gasteiger partial charge in [-0.15, -0.1) is 11.3 Å². The smallest absolute Gasteiger partial charge is 0.338 e. The molecule has 1 heterocycles. The number of methoxy groups -OCH3 is 1. The Kier molecular flexibility index (Phi) is 7.12. The first kappa shape index (κ1) is 22.2. The summed E-state index contributed by atoms with van der Waals surface area (Å²) in [6, 6.07) is 24.6. The van der Waals surface area contributed by atoms with Crippen LogP contribution in [0, 0.1) is 0 Å². The number of carbonyl (C=O) groups excluding carboxylic acids is 2. The number of hydrogen-bond donors (Lipinski definition) is 1. The Bertz CT molecular complexity index is 1240. The van der Waals surface area contributed by atoms with Gasteiger partial charge in [0.1, 0.15) is 5.75 Å². The van der Waals surface area contributed by atoms with E-state index < -0.39 is 18.5 Å². The van der Waals surface area contributed by atoms with Crippen molar-refractivity contribution in [3.8, 4) is 17.0 Å². The number of rotatable bonds is 8. The van der Waals surface area contributed by atoms with Gasteiger partial charge in [0, 0.05) is 10.9 Å². The van der Waals surface area contributed by atoms with Crippen molar-refractivity contribution in [1.82, 2.24) is 4.98 Å². The lowest BCUT2D eigenvalue weighted by molar-refractivity contribution is -0.119. The lowest BCUT2D eigenvalue weighted by Gasteiger charge is -2.09. The molecule has 166 valence electrons. The number of aromatic nitrogens is 1. The molecule has 0 saturated carbocycles. The van der Waals surface area contributed by atoms with Gasteiger partial charge in [-0.05, 0) is 47.9 Å². The number of esters is 1. The minimum Gasteiger partial charge on any atom is -0.497 e. The zero-order valence-electron chi connectivity index (χ0n) is 18.0. The van der Waals surface area contributed by atoms with Gasteiger partial charge in [0.05, 0.1) is 18.4 Å². The molecule has 0 aliphatic rings. The molecule has 6 nitrogen and oxygen atoms in total. The maximum Gasteiger partial charge on any atom is 0.338 e. The van der Waals surface area contributed by atoms with Gasteiger partial charge in [-0.2, -0.15) is 0 Å². The van der Waals surface area contributed by atoms with Crippen LogP contribution < -0.4 is 10.1 Å². The van der Waals surface area contributed by atoms with Crippen LogP contribution in [0.4, 0.5) is 5.13 Å². The Morgan fingerprint density at radius 3 is 2.42 bits per heavy atom. The monoisotopic (exact) mass is 458 g/mol. The average molecular weight is 459 g/mol. The second-order valence-corrected chi connectivity index (χ2v) is 8.07. The molecule has 0 unspecified atom stereocenters. The van der Waals surface area contributed by atoms with Gasteiger partial charge in [0.25, 0.3) is 5.91 Å². The van der Waals surface area contributed by atoms with Crippen LogP contribution >= 0.6 is 11.3 Å². The van der Waals surface area contributed by atoms with E-state index in [1.165, 1.54) is 11.3 Å². The van der Waals surface area contributed by atoms with Gasteiger partial charge in [-0.1, -0.05) is 48.5 Å². The second kappa shape index (κ2) is 10.6. The van der Waals surface area contributed by atoms with E-state index in [2.05, 4.69) is 10.3 Å². The third-order valence-electron chi connectivity index (χ3n) is 4.95. The predicted molar refractivity (Wildman–Crippen MR) is 129 cm³/mol. The minimum absolute atomic E-state index is 0.393. The summed E-state index contributed by atoms with van der Waals surface area (Å²) < 4.78 is 10.4. The fraction of sp³-hybridized carbons (Fsp3) is 0.115. The summed E-state index contributed by atoms with van der Waals surface area (Å²) in [5.74, 6) is -0.219. The fourth-order valence-electron chi connectivity index (χ4n) is 3.28. The van der Waals surface area contributed by atoms with Crippen molar-refractivity contribution in [2.24, 2.45) is 0 Å². The van der Waals surface area contributed by atoms with Crippen LogP contribution in [0.5, 0.6) is 5.75 Å². The molecule has 1 aromatic heterocycles. The number of anilines is 1. The Morgan fingerprint density at radius 2 is 1.67 bits per heavy atom. The maximum atomic E-state index is 12.6. The van der Waals surface area contributed by atoms with Crippen LogP contribution in [0.3, 0.4) is 0 Å². The number of benzene rings is 3. The van der Waals surface area contributed by atoms with E-state index in [0.29, 0.717) is 17.1 Å². The summed E-state index contributed by atoms with van der Waals surface area (Å²) >= 11 is 1.30. The lowest BCUT2D eigenvalue weighted by atomic mass is 10.00. The van der Waals surface area contributed by atoms with E-state index >= 15 is 0 Å². The van der Waals surface area contributed by atoms with Crippen molar-refractivity contribution in [2.45, 2.75) is 6.42 Å². The molecule has 4 rings (SSSR count). The number of amides is 1. The molecule has 0 bridgehead atoms.